The average molecular weight is 273 g/mol. The Labute approximate surface area is 100 Å². The van der Waals surface area contributed by atoms with Crippen LogP contribution in [0, 0.1) is 5.82 Å². The number of nitrogens with two attached hydrogens (primary N) is 1. The predicted molar refractivity (Wildman–Crippen MR) is 57.0 cm³/mol. The third kappa shape index (κ3) is 3.52. The first-order chi connectivity index (χ1) is 7.34. The molecule has 0 radical (unpaired) electrons. The van der Waals surface area contributed by atoms with E-state index < -0.39 is 17.2 Å². The normalized spacial score (nSPS) is 13.9. The quantitative estimate of drug-likeness (QED) is 0.503. The molecule has 0 aromatic heterocycles. The topological polar surface area (TPSA) is 38.0 Å². The highest BCUT2D eigenvalue weighted by Gasteiger charge is 2.36. The van der Waals surface area contributed by atoms with Crippen molar-refractivity contribution in [2.45, 2.75) is 17.8 Å². The van der Waals surface area contributed by atoms with E-state index in [2.05, 4.69) is 0 Å². The van der Waals surface area contributed by atoms with Gasteiger partial charge in [-0.15, -0.1) is 0 Å². The zero-order chi connectivity index (χ0) is 12.3. The van der Waals surface area contributed by atoms with Gasteiger partial charge in [0.05, 0.1) is 5.02 Å². The van der Waals surface area contributed by atoms with E-state index in [9.17, 15) is 13.2 Å². The van der Waals surface area contributed by atoms with Gasteiger partial charge in [-0.1, -0.05) is 17.7 Å². The van der Waals surface area contributed by atoms with Crippen LogP contribution in [0.1, 0.15) is 5.56 Å². The molecule has 0 aliphatic rings. The molecule has 0 saturated carbocycles. The highest BCUT2D eigenvalue weighted by Crippen LogP contribution is 2.26. The van der Waals surface area contributed by atoms with E-state index in [1.165, 1.54) is 12.1 Å². The number of halogens is 5. The lowest BCUT2D eigenvalue weighted by Crippen LogP contribution is -2.46. The van der Waals surface area contributed by atoms with Crippen molar-refractivity contribution >= 4 is 23.2 Å². The molecule has 0 spiro atoms. The molecule has 1 aromatic rings. The Morgan fingerprint density at radius 3 is 2.50 bits per heavy atom. The van der Waals surface area contributed by atoms with E-state index in [4.69, 9.17) is 29.0 Å². The summed E-state index contributed by atoms with van der Waals surface area (Å²) < 4.78 is 38.5. The standard InChI is InChI=1S/C9H9Cl2F3N2/c10-6-2-1-5(3-7(6)12)4-8(16-15)9(11,13)14/h1-3,8,16H,4,15H2. The van der Waals surface area contributed by atoms with E-state index in [-0.39, 0.29) is 11.4 Å². The molecule has 0 bridgehead atoms. The van der Waals surface area contributed by atoms with Crippen LogP contribution >= 0.6 is 23.2 Å². The van der Waals surface area contributed by atoms with Crippen LogP contribution in [-0.4, -0.2) is 11.4 Å². The largest absolute Gasteiger partial charge is 0.338 e. The molecule has 0 amide bonds. The van der Waals surface area contributed by atoms with E-state index in [0.29, 0.717) is 5.56 Å². The van der Waals surface area contributed by atoms with E-state index in [1.54, 1.807) is 0 Å². The first-order valence-electron chi connectivity index (χ1n) is 4.31. The fraction of sp³-hybridized carbons (Fsp3) is 0.333. The maximum atomic E-state index is 13.0. The molecule has 1 atom stereocenters. The van der Waals surface area contributed by atoms with Crippen molar-refractivity contribution in [2.24, 2.45) is 5.84 Å². The van der Waals surface area contributed by atoms with Crippen molar-refractivity contribution in [3.8, 4) is 0 Å². The number of nitrogens with one attached hydrogen (secondary N) is 1. The highest BCUT2D eigenvalue weighted by atomic mass is 35.5. The van der Waals surface area contributed by atoms with E-state index >= 15 is 0 Å². The lowest BCUT2D eigenvalue weighted by atomic mass is 10.1. The molecule has 0 fully saturated rings. The van der Waals surface area contributed by atoms with Crippen molar-refractivity contribution in [2.75, 3.05) is 0 Å². The molecular weight excluding hydrogens is 264 g/mol. The molecule has 2 nitrogen and oxygen atoms in total. The molecule has 0 saturated heterocycles. The predicted octanol–water partition coefficient (Wildman–Crippen LogP) is 2.69. The molecule has 3 N–H and O–H groups in total. The Morgan fingerprint density at radius 2 is 2.06 bits per heavy atom. The Hall–Kier alpha value is -0.490. The summed E-state index contributed by atoms with van der Waals surface area (Å²) >= 11 is 10.3. The Balaban J connectivity index is 2.83. The van der Waals surface area contributed by atoms with Crippen molar-refractivity contribution in [3.05, 3.63) is 34.6 Å². The van der Waals surface area contributed by atoms with E-state index in [0.717, 1.165) is 6.07 Å². The van der Waals surface area contributed by atoms with Crippen molar-refractivity contribution in [3.63, 3.8) is 0 Å². The van der Waals surface area contributed by atoms with Gasteiger partial charge in [-0.05, 0) is 35.7 Å². The van der Waals surface area contributed by atoms with Crippen LogP contribution in [0.2, 0.25) is 5.02 Å². The second-order valence-corrected chi connectivity index (χ2v) is 4.12. The zero-order valence-corrected chi connectivity index (χ0v) is 9.50. The van der Waals surface area contributed by atoms with Gasteiger partial charge in [0.15, 0.2) is 0 Å². The molecule has 16 heavy (non-hydrogen) atoms. The van der Waals surface area contributed by atoms with Gasteiger partial charge in [0.2, 0.25) is 0 Å². The summed E-state index contributed by atoms with van der Waals surface area (Å²) in [6.45, 7) is 0. The van der Waals surface area contributed by atoms with Crippen LogP contribution in [0.4, 0.5) is 13.2 Å². The Kier molecular flexibility index (Phi) is 4.43. The van der Waals surface area contributed by atoms with E-state index in [1.807, 2.05) is 5.43 Å². The number of alkyl halides is 3. The summed E-state index contributed by atoms with van der Waals surface area (Å²) in [6.07, 6.45) is -0.207. The second kappa shape index (κ2) is 5.23. The van der Waals surface area contributed by atoms with Gasteiger partial charge in [0, 0.05) is 0 Å². The van der Waals surface area contributed by atoms with Crippen LogP contribution in [0.3, 0.4) is 0 Å². The van der Waals surface area contributed by atoms with Crippen molar-refractivity contribution < 1.29 is 13.2 Å². The molecule has 0 aliphatic heterocycles. The summed E-state index contributed by atoms with van der Waals surface area (Å²) in [5.41, 5.74) is 2.21. The number of rotatable bonds is 4. The number of hydrogen-bond acceptors (Lipinski definition) is 2. The minimum absolute atomic E-state index is 0.0707. The summed E-state index contributed by atoms with van der Waals surface area (Å²) in [5, 5.41) is -3.58. The van der Waals surface area contributed by atoms with Gasteiger partial charge in [-0.25, -0.2) is 9.82 Å². The van der Waals surface area contributed by atoms with Crippen molar-refractivity contribution in [1.29, 1.82) is 0 Å². The first-order valence-corrected chi connectivity index (χ1v) is 5.07. The summed E-state index contributed by atoms with van der Waals surface area (Å²) in [6, 6.07) is 2.30. The van der Waals surface area contributed by atoms with Gasteiger partial charge >= 0.3 is 5.38 Å². The van der Waals surface area contributed by atoms with Crippen LogP contribution in [0.15, 0.2) is 18.2 Å². The molecule has 7 heteroatoms. The monoisotopic (exact) mass is 272 g/mol. The van der Waals surface area contributed by atoms with Crippen molar-refractivity contribution in [1.82, 2.24) is 5.43 Å². The molecule has 1 unspecified atom stereocenters. The van der Waals surface area contributed by atoms with Gasteiger partial charge in [-0.3, -0.25) is 5.84 Å². The van der Waals surface area contributed by atoms with Gasteiger partial charge in [0.25, 0.3) is 0 Å². The molecule has 0 heterocycles. The van der Waals surface area contributed by atoms with Gasteiger partial charge < -0.3 is 0 Å². The lowest BCUT2D eigenvalue weighted by Gasteiger charge is -2.20. The molecular formula is C9H9Cl2F3N2. The van der Waals surface area contributed by atoms with Crippen LogP contribution in [0.25, 0.3) is 0 Å². The number of hydrazine groups is 1. The van der Waals surface area contributed by atoms with Gasteiger partial charge in [0.1, 0.15) is 11.9 Å². The average Bonchev–Trinajstić information content (AvgIpc) is 2.18. The smallest absolute Gasteiger partial charge is 0.271 e. The molecule has 1 rings (SSSR count). The lowest BCUT2D eigenvalue weighted by molar-refractivity contribution is 0.0502. The summed E-state index contributed by atoms with van der Waals surface area (Å²) in [7, 11) is 0. The zero-order valence-electron chi connectivity index (χ0n) is 7.98. The van der Waals surface area contributed by atoms with Crippen LogP contribution in [-0.2, 0) is 6.42 Å². The fourth-order valence-electron chi connectivity index (χ4n) is 1.17. The Morgan fingerprint density at radius 1 is 1.44 bits per heavy atom. The number of benzene rings is 1. The highest BCUT2D eigenvalue weighted by molar-refractivity contribution is 6.30. The molecule has 0 aliphatic carbocycles. The second-order valence-electron chi connectivity index (χ2n) is 3.21. The van der Waals surface area contributed by atoms with Crippen LogP contribution in [0.5, 0.6) is 0 Å². The third-order valence-corrected chi connectivity index (χ3v) is 2.59. The fourth-order valence-corrected chi connectivity index (χ4v) is 1.43. The molecule has 1 aromatic carbocycles. The minimum Gasteiger partial charge on any atom is -0.271 e. The maximum Gasteiger partial charge on any atom is 0.338 e. The number of hydrogen-bond donors (Lipinski definition) is 2. The SMILES string of the molecule is NNC(Cc1ccc(Cl)c(F)c1)C(F)(F)Cl. The first kappa shape index (κ1) is 13.6. The van der Waals surface area contributed by atoms with Gasteiger partial charge in [-0.2, -0.15) is 8.78 Å². The summed E-state index contributed by atoms with van der Waals surface area (Å²) in [5.74, 6) is 4.27. The maximum absolute atomic E-state index is 13.0. The Bertz CT molecular complexity index is 368. The summed E-state index contributed by atoms with van der Waals surface area (Å²) in [4.78, 5) is 0. The third-order valence-electron chi connectivity index (χ3n) is 2.02. The molecule has 90 valence electrons. The van der Waals surface area contributed by atoms with Crippen LogP contribution < -0.4 is 11.3 Å². The minimum atomic E-state index is -3.51.